The largest absolute Gasteiger partial charge is 0.497 e. The smallest absolute Gasteiger partial charge is 0.281 e. The van der Waals surface area contributed by atoms with Crippen LogP contribution in [0.3, 0.4) is 0 Å². The molecule has 0 fully saturated rings. The molecule has 0 bridgehead atoms. The lowest BCUT2D eigenvalue weighted by Gasteiger charge is -2.22. The zero-order chi connectivity index (χ0) is 20.9. The van der Waals surface area contributed by atoms with E-state index in [1.54, 1.807) is 19.2 Å². The number of hydrazone groups is 1. The molecule has 1 aliphatic heterocycles. The van der Waals surface area contributed by atoms with Crippen LogP contribution < -0.4 is 9.47 Å². The van der Waals surface area contributed by atoms with Crippen molar-refractivity contribution in [1.82, 2.24) is 5.01 Å². The van der Waals surface area contributed by atoms with Crippen molar-refractivity contribution in [1.29, 1.82) is 0 Å². The summed E-state index contributed by atoms with van der Waals surface area (Å²) in [6.07, 6.45) is 0.619. The average Bonchev–Trinajstić information content (AvgIpc) is 3.25. The van der Waals surface area contributed by atoms with Crippen molar-refractivity contribution < 1.29 is 14.3 Å². The lowest BCUT2D eigenvalue weighted by atomic mass is 9.98. The van der Waals surface area contributed by atoms with Crippen molar-refractivity contribution in [3.63, 3.8) is 0 Å². The molecule has 4 rings (SSSR count). The van der Waals surface area contributed by atoms with Gasteiger partial charge in [0.1, 0.15) is 11.5 Å². The van der Waals surface area contributed by atoms with E-state index in [4.69, 9.17) is 21.1 Å². The second-order valence-electron chi connectivity index (χ2n) is 6.86. The fourth-order valence-corrected chi connectivity index (χ4v) is 3.59. The number of halogens is 1. The van der Waals surface area contributed by atoms with Crippen LogP contribution in [0.2, 0.25) is 5.02 Å². The molecule has 5 nitrogen and oxygen atoms in total. The van der Waals surface area contributed by atoms with E-state index in [9.17, 15) is 4.79 Å². The van der Waals surface area contributed by atoms with E-state index in [2.05, 4.69) is 5.10 Å². The van der Waals surface area contributed by atoms with E-state index < -0.39 is 0 Å². The number of hydrogen-bond donors (Lipinski definition) is 0. The Bertz CT molecular complexity index is 1050. The molecule has 0 N–H and O–H groups in total. The Balaban J connectivity index is 1.58. The number of para-hydroxylation sites is 1. The normalized spacial score (nSPS) is 15.6. The fraction of sp³-hybridized carbons (Fsp3) is 0.167. The summed E-state index contributed by atoms with van der Waals surface area (Å²) in [5, 5.41) is 6.63. The summed E-state index contributed by atoms with van der Waals surface area (Å²) in [5.41, 5.74) is 2.84. The first kappa shape index (κ1) is 20.0. The SMILES string of the molecule is COc1ccc(C2CC(c3ccccc3)=NN2C(=O)COc2ccccc2Cl)cc1. The number of carbonyl (C=O) groups is 1. The van der Waals surface area contributed by atoms with Gasteiger partial charge in [0.2, 0.25) is 0 Å². The van der Waals surface area contributed by atoms with Gasteiger partial charge in [-0.1, -0.05) is 66.2 Å². The maximum absolute atomic E-state index is 13.0. The summed E-state index contributed by atoms with van der Waals surface area (Å²) in [7, 11) is 1.63. The molecule has 152 valence electrons. The molecule has 30 heavy (non-hydrogen) atoms. The lowest BCUT2D eigenvalue weighted by molar-refractivity contribution is -0.135. The van der Waals surface area contributed by atoms with Crippen LogP contribution in [0.25, 0.3) is 0 Å². The first-order valence-electron chi connectivity index (χ1n) is 9.62. The lowest BCUT2D eigenvalue weighted by Crippen LogP contribution is -2.31. The predicted molar refractivity (Wildman–Crippen MR) is 117 cm³/mol. The highest BCUT2D eigenvalue weighted by Crippen LogP contribution is 2.34. The number of amides is 1. The van der Waals surface area contributed by atoms with E-state index >= 15 is 0 Å². The van der Waals surface area contributed by atoms with Crippen LogP contribution >= 0.6 is 11.6 Å². The van der Waals surface area contributed by atoms with Gasteiger partial charge < -0.3 is 9.47 Å². The van der Waals surface area contributed by atoms with Crippen LogP contribution in [0, 0.1) is 0 Å². The first-order chi connectivity index (χ1) is 14.7. The Labute approximate surface area is 180 Å². The van der Waals surface area contributed by atoms with Crippen LogP contribution in [0.5, 0.6) is 11.5 Å². The van der Waals surface area contributed by atoms with Gasteiger partial charge >= 0.3 is 0 Å². The predicted octanol–water partition coefficient (Wildman–Crippen LogP) is 5.11. The number of carbonyl (C=O) groups excluding carboxylic acids is 1. The maximum Gasteiger partial charge on any atom is 0.281 e. The molecular formula is C24H21ClN2O3. The van der Waals surface area contributed by atoms with E-state index in [0.717, 1.165) is 22.6 Å². The minimum absolute atomic E-state index is 0.151. The number of rotatable bonds is 6. The molecule has 1 amide bonds. The Hall–Kier alpha value is -3.31. The van der Waals surface area contributed by atoms with E-state index in [1.165, 1.54) is 5.01 Å². The fourth-order valence-electron chi connectivity index (χ4n) is 3.40. The van der Waals surface area contributed by atoms with Crippen LogP contribution in [0.15, 0.2) is 84.0 Å². The number of hydrogen-bond acceptors (Lipinski definition) is 4. The van der Waals surface area contributed by atoms with Crippen LogP contribution in [0.4, 0.5) is 0 Å². The number of benzene rings is 3. The molecule has 0 spiro atoms. The molecule has 1 heterocycles. The molecule has 3 aromatic rings. The summed E-state index contributed by atoms with van der Waals surface area (Å²) in [4.78, 5) is 13.0. The van der Waals surface area contributed by atoms with Crippen molar-refractivity contribution in [2.24, 2.45) is 5.10 Å². The highest BCUT2D eigenvalue weighted by atomic mass is 35.5. The zero-order valence-corrected chi connectivity index (χ0v) is 17.3. The van der Waals surface area contributed by atoms with E-state index in [0.29, 0.717) is 17.2 Å². The third kappa shape index (κ3) is 4.31. The highest BCUT2D eigenvalue weighted by Gasteiger charge is 2.33. The molecule has 0 saturated carbocycles. The molecule has 0 aromatic heterocycles. The zero-order valence-electron chi connectivity index (χ0n) is 16.5. The summed E-state index contributed by atoms with van der Waals surface area (Å²) in [5.74, 6) is 1.00. The number of methoxy groups -OCH3 is 1. The Morgan fingerprint density at radius 3 is 2.43 bits per heavy atom. The van der Waals surface area contributed by atoms with Gasteiger partial charge in [-0.3, -0.25) is 4.79 Å². The van der Waals surface area contributed by atoms with Crippen molar-refractivity contribution in [2.45, 2.75) is 12.5 Å². The van der Waals surface area contributed by atoms with Gasteiger partial charge in [0, 0.05) is 6.42 Å². The molecule has 1 atom stereocenters. The Morgan fingerprint density at radius 1 is 1.03 bits per heavy atom. The number of ether oxygens (including phenoxy) is 2. The van der Waals surface area contributed by atoms with E-state index in [-0.39, 0.29) is 18.6 Å². The van der Waals surface area contributed by atoms with Gasteiger partial charge in [0.05, 0.1) is 23.9 Å². The monoisotopic (exact) mass is 420 g/mol. The van der Waals surface area contributed by atoms with Gasteiger partial charge in [0.15, 0.2) is 6.61 Å². The van der Waals surface area contributed by atoms with Crippen LogP contribution in [-0.4, -0.2) is 30.3 Å². The molecule has 1 unspecified atom stereocenters. The van der Waals surface area contributed by atoms with Crippen molar-refractivity contribution in [3.05, 3.63) is 95.0 Å². The van der Waals surface area contributed by atoms with E-state index in [1.807, 2.05) is 66.7 Å². The standard InChI is InChI=1S/C24H21ClN2O3/c1-29-19-13-11-18(12-14-19)22-15-21(17-7-3-2-4-8-17)26-27(22)24(28)16-30-23-10-6-5-9-20(23)25/h2-14,22H,15-16H2,1H3. The molecule has 0 radical (unpaired) electrons. The van der Waals surface area contributed by atoms with Gasteiger partial charge in [0.25, 0.3) is 5.91 Å². The molecular weight excluding hydrogens is 400 g/mol. The maximum atomic E-state index is 13.0. The molecule has 3 aromatic carbocycles. The minimum atomic E-state index is -0.235. The van der Waals surface area contributed by atoms with Gasteiger partial charge in [-0.2, -0.15) is 5.10 Å². The van der Waals surface area contributed by atoms with Crippen molar-refractivity contribution >= 4 is 23.2 Å². The van der Waals surface area contributed by atoms with Gasteiger partial charge in [-0.05, 0) is 35.4 Å². The molecule has 1 aliphatic rings. The molecule has 0 aliphatic carbocycles. The second kappa shape index (κ2) is 9.01. The topological polar surface area (TPSA) is 51.1 Å². The third-order valence-electron chi connectivity index (χ3n) is 4.96. The quantitative estimate of drug-likeness (QED) is 0.557. The number of nitrogens with zero attached hydrogens (tertiary/aromatic N) is 2. The average molecular weight is 421 g/mol. The van der Waals surface area contributed by atoms with Crippen LogP contribution in [-0.2, 0) is 4.79 Å². The third-order valence-corrected chi connectivity index (χ3v) is 5.27. The van der Waals surface area contributed by atoms with Crippen molar-refractivity contribution in [2.75, 3.05) is 13.7 Å². The van der Waals surface area contributed by atoms with Crippen LogP contribution in [0.1, 0.15) is 23.6 Å². The summed E-state index contributed by atoms with van der Waals surface area (Å²) in [6, 6.07) is 24.5. The Morgan fingerprint density at radius 2 is 1.73 bits per heavy atom. The highest BCUT2D eigenvalue weighted by molar-refractivity contribution is 6.32. The van der Waals surface area contributed by atoms with Crippen molar-refractivity contribution in [3.8, 4) is 11.5 Å². The molecule has 6 heteroatoms. The molecule has 0 saturated heterocycles. The second-order valence-corrected chi connectivity index (χ2v) is 7.27. The summed E-state index contributed by atoms with van der Waals surface area (Å²) < 4.78 is 10.9. The summed E-state index contributed by atoms with van der Waals surface area (Å²) in [6.45, 7) is -0.151. The Kier molecular flexibility index (Phi) is 6.00. The minimum Gasteiger partial charge on any atom is -0.497 e. The van der Waals surface area contributed by atoms with Gasteiger partial charge in [-0.25, -0.2) is 5.01 Å². The van der Waals surface area contributed by atoms with Gasteiger partial charge in [-0.15, -0.1) is 0 Å². The first-order valence-corrected chi connectivity index (χ1v) is 10.00. The summed E-state index contributed by atoms with van der Waals surface area (Å²) >= 11 is 6.13.